The fourth-order valence-electron chi connectivity index (χ4n) is 3.43. The summed E-state index contributed by atoms with van der Waals surface area (Å²) in [6.07, 6.45) is 5.14. The Morgan fingerprint density at radius 2 is 1.77 bits per heavy atom. The van der Waals surface area contributed by atoms with Crippen LogP contribution in [0.2, 0.25) is 0 Å². The lowest BCUT2D eigenvalue weighted by Gasteiger charge is -2.43. The summed E-state index contributed by atoms with van der Waals surface area (Å²) in [6.45, 7) is 4.46. The second kappa shape index (κ2) is 7.57. The summed E-state index contributed by atoms with van der Waals surface area (Å²) in [6, 6.07) is 0. The van der Waals surface area contributed by atoms with Crippen LogP contribution < -0.4 is 0 Å². The molecule has 0 aromatic heterocycles. The number of methoxy groups -OCH3 is 1. The SMILES string of the molecule is COCC[C@@]1(O)CCN(S(=O)(=O)N2CCCCCC2)C[C@@H]1C. The van der Waals surface area contributed by atoms with Crippen LogP contribution >= 0.6 is 0 Å². The van der Waals surface area contributed by atoms with Crippen LogP contribution in [0, 0.1) is 5.92 Å². The van der Waals surface area contributed by atoms with Crippen molar-refractivity contribution in [3.05, 3.63) is 0 Å². The van der Waals surface area contributed by atoms with Crippen molar-refractivity contribution in [1.82, 2.24) is 8.61 Å². The molecule has 7 heteroatoms. The van der Waals surface area contributed by atoms with Crippen LogP contribution in [0.15, 0.2) is 0 Å². The smallest absolute Gasteiger partial charge is 0.281 e. The van der Waals surface area contributed by atoms with E-state index in [1.165, 1.54) is 0 Å². The summed E-state index contributed by atoms with van der Waals surface area (Å²) in [5.41, 5.74) is -0.819. The normalized spacial score (nSPS) is 32.8. The Hall–Kier alpha value is -0.210. The highest BCUT2D eigenvalue weighted by Crippen LogP contribution is 2.33. The van der Waals surface area contributed by atoms with E-state index in [0.717, 1.165) is 25.7 Å². The predicted octanol–water partition coefficient (Wildman–Crippen LogP) is 1.22. The van der Waals surface area contributed by atoms with Gasteiger partial charge < -0.3 is 9.84 Å². The maximum Gasteiger partial charge on any atom is 0.281 e. The van der Waals surface area contributed by atoms with Gasteiger partial charge in [0.15, 0.2) is 0 Å². The highest BCUT2D eigenvalue weighted by Gasteiger charge is 2.43. The van der Waals surface area contributed by atoms with Gasteiger partial charge in [-0.3, -0.25) is 0 Å². The molecule has 2 rings (SSSR count). The molecular formula is C15H30N2O4S. The first kappa shape index (κ1) is 18.1. The van der Waals surface area contributed by atoms with Crippen molar-refractivity contribution < 1.29 is 18.3 Å². The third-order valence-electron chi connectivity index (χ3n) is 5.15. The summed E-state index contributed by atoms with van der Waals surface area (Å²) >= 11 is 0. The molecule has 2 aliphatic rings. The molecule has 2 heterocycles. The topological polar surface area (TPSA) is 70.1 Å². The van der Waals surface area contributed by atoms with E-state index in [9.17, 15) is 13.5 Å². The maximum absolute atomic E-state index is 12.8. The summed E-state index contributed by atoms with van der Waals surface area (Å²) in [7, 11) is -1.77. The molecule has 0 saturated carbocycles. The fraction of sp³-hybridized carbons (Fsp3) is 1.00. The molecule has 2 saturated heterocycles. The molecule has 0 spiro atoms. The molecule has 130 valence electrons. The summed E-state index contributed by atoms with van der Waals surface area (Å²) in [5.74, 6) is -0.0850. The van der Waals surface area contributed by atoms with Gasteiger partial charge in [0.25, 0.3) is 10.2 Å². The minimum atomic E-state index is -3.39. The molecule has 0 aliphatic carbocycles. The van der Waals surface area contributed by atoms with E-state index < -0.39 is 15.8 Å². The number of nitrogens with zero attached hydrogens (tertiary/aromatic N) is 2. The molecule has 0 unspecified atom stereocenters. The highest BCUT2D eigenvalue weighted by atomic mass is 32.2. The zero-order chi connectivity index (χ0) is 16.2. The Kier molecular flexibility index (Phi) is 6.24. The van der Waals surface area contributed by atoms with Crippen LogP contribution in [0.3, 0.4) is 0 Å². The summed E-state index contributed by atoms with van der Waals surface area (Å²) in [4.78, 5) is 0. The van der Waals surface area contributed by atoms with E-state index >= 15 is 0 Å². The van der Waals surface area contributed by atoms with Gasteiger partial charge in [0.2, 0.25) is 0 Å². The van der Waals surface area contributed by atoms with Gasteiger partial charge in [-0.1, -0.05) is 19.8 Å². The van der Waals surface area contributed by atoms with Crippen molar-refractivity contribution in [3.63, 3.8) is 0 Å². The Morgan fingerprint density at radius 1 is 1.14 bits per heavy atom. The molecule has 2 aliphatic heterocycles. The lowest BCUT2D eigenvalue weighted by molar-refractivity contribution is -0.0685. The molecule has 1 N–H and O–H groups in total. The lowest BCUT2D eigenvalue weighted by atomic mass is 9.81. The van der Waals surface area contributed by atoms with Gasteiger partial charge in [-0.2, -0.15) is 17.0 Å². The average molecular weight is 334 g/mol. The Balaban J connectivity index is 2.02. The minimum Gasteiger partial charge on any atom is -0.389 e. The van der Waals surface area contributed by atoms with E-state index in [4.69, 9.17) is 4.74 Å². The molecule has 2 atom stereocenters. The first-order valence-corrected chi connectivity index (χ1v) is 9.76. The van der Waals surface area contributed by atoms with Crippen LogP contribution in [-0.2, 0) is 14.9 Å². The minimum absolute atomic E-state index is 0.0850. The van der Waals surface area contributed by atoms with Gasteiger partial charge in [0.05, 0.1) is 5.60 Å². The van der Waals surface area contributed by atoms with Gasteiger partial charge in [-0.15, -0.1) is 0 Å². The van der Waals surface area contributed by atoms with E-state index in [-0.39, 0.29) is 5.92 Å². The molecule has 6 nitrogen and oxygen atoms in total. The quantitative estimate of drug-likeness (QED) is 0.821. The van der Waals surface area contributed by atoms with Crippen molar-refractivity contribution in [2.45, 2.75) is 51.0 Å². The van der Waals surface area contributed by atoms with Gasteiger partial charge in [0, 0.05) is 39.9 Å². The standard InChI is InChI=1S/C15H30N2O4S/c1-14-13-17(11-7-15(14,18)8-12-21-2)22(19,20)16-9-5-3-4-6-10-16/h14,18H,3-13H2,1-2H3/t14-,15-/m0/s1. The highest BCUT2D eigenvalue weighted by molar-refractivity contribution is 7.86. The summed E-state index contributed by atoms with van der Waals surface area (Å²) in [5, 5.41) is 10.7. The lowest BCUT2D eigenvalue weighted by Crippen LogP contribution is -2.55. The van der Waals surface area contributed by atoms with E-state index in [0.29, 0.717) is 45.6 Å². The molecule has 0 aromatic carbocycles. The number of hydrogen-bond acceptors (Lipinski definition) is 4. The molecular weight excluding hydrogens is 304 g/mol. The van der Waals surface area contributed by atoms with Crippen molar-refractivity contribution >= 4 is 10.2 Å². The average Bonchev–Trinajstić information content (AvgIpc) is 2.78. The molecule has 0 aromatic rings. The third-order valence-corrected chi connectivity index (χ3v) is 7.15. The van der Waals surface area contributed by atoms with Gasteiger partial charge >= 0.3 is 0 Å². The van der Waals surface area contributed by atoms with E-state index in [1.807, 2.05) is 6.92 Å². The van der Waals surface area contributed by atoms with Crippen molar-refractivity contribution in [2.75, 3.05) is 39.9 Å². The Labute approximate surface area is 134 Å². The number of piperidine rings is 1. The molecule has 0 amide bonds. The predicted molar refractivity (Wildman–Crippen MR) is 85.8 cm³/mol. The monoisotopic (exact) mass is 334 g/mol. The van der Waals surface area contributed by atoms with Crippen molar-refractivity contribution in [1.29, 1.82) is 0 Å². The number of rotatable bonds is 5. The van der Waals surface area contributed by atoms with Gasteiger partial charge in [-0.25, -0.2) is 0 Å². The second-order valence-corrected chi connectivity index (χ2v) is 8.60. The van der Waals surface area contributed by atoms with Gasteiger partial charge in [-0.05, 0) is 31.6 Å². The third kappa shape index (κ3) is 4.00. The fourth-order valence-corrected chi connectivity index (χ4v) is 5.21. The largest absolute Gasteiger partial charge is 0.389 e. The van der Waals surface area contributed by atoms with E-state index in [1.54, 1.807) is 15.7 Å². The zero-order valence-corrected chi connectivity index (χ0v) is 14.6. The van der Waals surface area contributed by atoms with Gasteiger partial charge in [0.1, 0.15) is 0 Å². The van der Waals surface area contributed by atoms with Crippen LogP contribution in [0.1, 0.15) is 45.4 Å². The Morgan fingerprint density at radius 3 is 2.32 bits per heavy atom. The number of hydrogen-bond donors (Lipinski definition) is 1. The second-order valence-electron chi connectivity index (χ2n) is 6.68. The zero-order valence-electron chi connectivity index (χ0n) is 13.8. The van der Waals surface area contributed by atoms with Crippen LogP contribution in [0.25, 0.3) is 0 Å². The molecule has 22 heavy (non-hydrogen) atoms. The van der Waals surface area contributed by atoms with Crippen molar-refractivity contribution in [3.8, 4) is 0 Å². The molecule has 0 bridgehead atoms. The van der Waals surface area contributed by atoms with Crippen molar-refractivity contribution in [2.24, 2.45) is 5.92 Å². The number of aliphatic hydroxyl groups is 1. The first-order valence-electron chi connectivity index (χ1n) is 8.37. The summed E-state index contributed by atoms with van der Waals surface area (Å²) < 4.78 is 33.9. The van der Waals surface area contributed by atoms with Crippen LogP contribution in [0.4, 0.5) is 0 Å². The van der Waals surface area contributed by atoms with E-state index in [2.05, 4.69) is 0 Å². The molecule has 0 radical (unpaired) electrons. The van der Waals surface area contributed by atoms with Crippen LogP contribution in [-0.4, -0.2) is 67.6 Å². The maximum atomic E-state index is 12.8. The Bertz CT molecular complexity index is 448. The van der Waals surface area contributed by atoms with Crippen LogP contribution in [0.5, 0.6) is 0 Å². The molecule has 2 fully saturated rings. The number of ether oxygens (including phenoxy) is 1. The first-order chi connectivity index (χ1) is 10.4.